The van der Waals surface area contributed by atoms with Crippen molar-refractivity contribution in [1.82, 2.24) is 0 Å². The molecule has 1 aliphatic carbocycles. The Hall–Kier alpha value is -1.98. The van der Waals surface area contributed by atoms with Crippen molar-refractivity contribution in [1.29, 1.82) is 0 Å². The van der Waals surface area contributed by atoms with Crippen LogP contribution in [-0.4, -0.2) is 17.3 Å². The highest BCUT2D eigenvalue weighted by Gasteiger charge is 2.37. The third kappa shape index (κ3) is 2.79. The van der Waals surface area contributed by atoms with Crippen LogP contribution in [0.4, 0.5) is 13.2 Å². The first kappa shape index (κ1) is 14.4. The van der Waals surface area contributed by atoms with Crippen molar-refractivity contribution in [3.63, 3.8) is 0 Å². The second kappa shape index (κ2) is 5.19. The average Bonchev–Trinajstić information content (AvgIpc) is 2.37. The van der Waals surface area contributed by atoms with E-state index < -0.39 is 35.0 Å². The number of ketones is 3. The van der Waals surface area contributed by atoms with Gasteiger partial charge in [0.25, 0.3) is 0 Å². The van der Waals surface area contributed by atoms with Gasteiger partial charge in [-0.2, -0.15) is 13.2 Å². The van der Waals surface area contributed by atoms with Crippen molar-refractivity contribution in [2.45, 2.75) is 25.4 Å². The monoisotopic (exact) mass is 284 g/mol. The van der Waals surface area contributed by atoms with Crippen LogP contribution in [0.25, 0.3) is 0 Å². The van der Waals surface area contributed by atoms with Gasteiger partial charge in [0, 0.05) is 18.4 Å². The Labute approximate surface area is 112 Å². The summed E-state index contributed by atoms with van der Waals surface area (Å²) in [5.74, 6) is -2.97. The molecular formula is C14H11F3O3. The summed E-state index contributed by atoms with van der Waals surface area (Å²) < 4.78 is 37.2. The number of hydrogen-bond acceptors (Lipinski definition) is 3. The minimum absolute atomic E-state index is 0.0494. The third-order valence-electron chi connectivity index (χ3n) is 3.25. The number of halogens is 3. The van der Waals surface area contributed by atoms with E-state index in [4.69, 9.17) is 0 Å². The molecule has 6 heteroatoms. The van der Waals surface area contributed by atoms with E-state index in [0.29, 0.717) is 6.42 Å². The molecule has 0 aliphatic heterocycles. The van der Waals surface area contributed by atoms with Gasteiger partial charge in [-0.15, -0.1) is 0 Å². The van der Waals surface area contributed by atoms with Gasteiger partial charge in [0.2, 0.25) is 0 Å². The summed E-state index contributed by atoms with van der Waals surface area (Å²) in [5, 5.41) is 0. The molecule has 0 atom stereocenters. The summed E-state index contributed by atoms with van der Waals surface area (Å²) in [6.07, 6.45) is -3.75. The first-order chi connectivity index (χ1) is 9.30. The van der Waals surface area contributed by atoms with Gasteiger partial charge in [0.1, 0.15) is 5.92 Å². The van der Waals surface area contributed by atoms with Crippen molar-refractivity contribution in [3.8, 4) is 0 Å². The fourth-order valence-corrected chi connectivity index (χ4v) is 2.19. The van der Waals surface area contributed by atoms with Crippen LogP contribution in [-0.2, 0) is 15.8 Å². The van der Waals surface area contributed by atoms with Crippen LogP contribution >= 0.6 is 0 Å². The summed E-state index contributed by atoms with van der Waals surface area (Å²) in [6, 6.07) is 3.54. The molecule has 1 aromatic carbocycles. The van der Waals surface area contributed by atoms with Gasteiger partial charge in [0.05, 0.1) is 5.56 Å². The lowest BCUT2D eigenvalue weighted by molar-refractivity contribution is -0.138. The first-order valence-electron chi connectivity index (χ1n) is 6.07. The normalized spacial score (nSPS) is 17.4. The lowest BCUT2D eigenvalue weighted by atomic mass is 9.81. The second-order valence-electron chi connectivity index (χ2n) is 4.66. The van der Waals surface area contributed by atoms with E-state index in [2.05, 4.69) is 0 Å². The highest BCUT2D eigenvalue weighted by Crippen LogP contribution is 2.30. The molecule has 0 radical (unpaired) electrons. The lowest BCUT2D eigenvalue weighted by Gasteiger charge is -2.18. The van der Waals surface area contributed by atoms with Crippen LogP contribution in [0.5, 0.6) is 0 Å². The number of carbonyl (C=O) groups excluding carboxylic acids is 3. The maximum atomic E-state index is 12.4. The Morgan fingerprint density at radius 1 is 1.00 bits per heavy atom. The molecule has 3 nitrogen and oxygen atoms in total. The molecule has 0 bridgehead atoms. The van der Waals surface area contributed by atoms with Gasteiger partial charge in [-0.05, 0) is 18.6 Å². The summed E-state index contributed by atoms with van der Waals surface area (Å²) in [4.78, 5) is 35.3. The minimum atomic E-state index is -4.49. The smallest absolute Gasteiger partial charge is 0.298 e. The summed E-state index contributed by atoms with van der Waals surface area (Å²) >= 11 is 0. The van der Waals surface area contributed by atoms with Crippen molar-refractivity contribution >= 4 is 17.3 Å². The number of alkyl halides is 3. The quantitative estimate of drug-likeness (QED) is 0.620. The van der Waals surface area contributed by atoms with Gasteiger partial charge in [-0.25, -0.2) is 0 Å². The van der Waals surface area contributed by atoms with E-state index in [1.54, 1.807) is 0 Å². The highest BCUT2D eigenvalue weighted by atomic mass is 19.4. The molecule has 0 aromatic heterocycles. The molecule has 0 heterocycles. The molecule has 1 saturated carbocycles. The third-order valence-corrected chi connectivity index (χ3v) is 3.25. The van der Waals surface area contributed by atoms with E-state index in [9.17, 15) is 27.6 Å². The van der Waals surface area contributed by atoms with E-state index in [1.807, 2.05) is 0 Å². The number of carbonyl (C=O) groups is 3. The Morgan fingerprint density at radius 2 is 1.50 bits per heavy atom. The number of rotatable bonds is 2. The fourth-order valence-electron chi connectivity index (χ4n) is 2.19. The van der Waals surface area contributed by atoms with Crippen LogP contribution in [0.1, 0.15) is 35.2 Å². The van der Waals surface area contributed by atoms with Gasteiger partial charge >= 0.3 is 6.18 Å². The molecule has 106 valence electrons. The largest absolute Gasteiger partial charge is 0.416 e. The Kier molecular flexibility index (Phi) is 3.74. The molecule has 1 fully saturated rings. The van der Waals surface area contributed by atoms with Crippen LogP contribution in [0.2, 0.25) is 0 Å². The fraction of sp³-hybridized carbons (Fsp3) is 0.357. The number of hydrogen-bond donors (Lipinski definition) is 0. The van der Waals surface area contributed by atoms with Crippen molar-refractivity contribution in [3.05, 3.63) is 35.4 Å². The predicted molar refractivity (Wildman–Crippen MR) is 63.1 cm³/mol. The molecular weight excluding hydrogens is 273 g/mol. The summed E-state index contributed by atoms with van der Waals surface area (Å²) in [6.45, 7) is 0. The van der Waals surface area contributed by atoms with Crippen LogP contribution < -0.4 is 0 Å². The maximum absolute atomic E-state index is 12.4. The number of benzene rings is 1. The Morgan fingerprint density at radius 3 is 1.95 bits per heavy atom. The molecule has 20 heavy (non-hydrogen) atoms. The second-order valence-corrected chi connectivity index (χ2v) is 4.66. The SMILES string of the molecule is O=C1CCCC(=O)C1C(=O)c1ccc(C(F)(F)F)cc1. The zero-order valence-electron chi connectivity index (χ0n) is 10.4. The van der Waals surface area contributed by atoms with E-state index in [1.165, 1.54) is 0 Å². The van der Waals surface area contributed by atoms with Crippen molar-refractivity contribution in [2.24, 2.45) is 5.92 Å². The topological polar surface area (TPSA) is 51.2 Å². The van der Waals surface area contributed by atoms with Gasteiger partial charge in [-0.3, -0.25) is 14.4 Å². The van der Waals surface area contributed by atoms with Gasteiger partial charge in [-0.1, -0.05) is 12.1 Å². The molecule has 2 rings (SSSR count). The van der Waals surface area contributed by atoms with E-state index in [0.717, 1.165) is 24.3 Å². The standard InChI is InChI=1S/C14H11F3O3/c15-14(16,17)9-6-4-8(5-7-9)13(20)12-10(18)2-1-3-11(12)19/h4-7,12H,1-3H2. The van der Waals surface area contributed by atoms with Gasteiger partial charge in [0.15, 0.2) is 17.3 Å². The van der Waals surface area contributed by atoms with E-state index in [-0.39, 0.29) is 18.4 Å². The van der Waals surface area contributed by atoms with Gasteiger partial charge < -0.3 is 0 Å². The minimum Gasteiger partial charge on any atom is -0.298 e. The lowest BCUT2D eigenvalue weighted by Crippen LogP contribution is -2.35. The Balaban J connectivity index is 2.25. The molecule has 0 saturated heterocycles. The average molecular weight is 284 g/mol. The molecule has 1 aromatic rings. The molecule has 0 N–H and O–H groups in total. The Bertz CT molecular complexity index is 542. The van der Waals surface area contributed by atoms with Crippen molar-refractivity contribution in [2.75, 3.05) is 0 Å². The predicted octanol–water partition coefficient (Wildman–Crippen LogP) is 2.83. The summed E-state index contributed by atoms with van der Waals surface area (Å²) in [7, 11) is 0. The van der Waals surface area contributed by atoms with E-state index >= 15 is 0 Å². The molecule has 0 amide bonds. The van der Waals surface area contributed by atoms with Crippen LogP contribution in [0.15, 0.2) is 24.3 Å². The van der Waals surface area contributed by atoms with Crippen LogP contribution in [0, 0.1) is 5.92 Å². The van der Waals surface area contributed by atoms with Crippen molar-refractivity contribution < 1.29 is 27.6 Å². The van der Waals surface area contributed by atoms with Crippen LogP contribution in [0.3, 0.4) is 0 Å². The zero-order chi connectivity index (χ0) is 14.9. The first-order valence-corrected chi connectivity index (χ1v) is 6.07. The molecule has 0 spiro atoms. The number of Topliss-reactive ketones (excluding diaryl/α,β-unsaturated/α-hetero) is 3. The highest BCUT2D eigenvalue weighted by molar-refractivity contribution is 6.25. The maximum Gasteiger partial charge on any atom is 0.416 e. The zero-order valence-corrected chi connectivity index (χ0v) is 10.4. The summed E-state index contributed by atoms with van der Waals surface area (Å²) in [5.41, 5.74) is -0.929. The molecule has 1 aliphatic rings. The molecule has 0 unspecified atom stereocenters.